The van der Waals surface area contributed by atoms with Crippen LogP contribution < -0.4 is 10.6 Å². The molecule has 0 saturated heterocycles. The van der Waals surface area contributed by atoms with Crippen molar-refractivity contribution >= 4 is 18.2 Å². The van der Waals surface area contributed by atoms with Gasteiger partial charge in [0.1, 0.15) is 18.2 Å². The molecule has 0 unspecified atom stereocenters. The standard InChI is InChI=1S/C26H32N2O7/c1-26(2,3)35-24(31)27-13-15-33-14-12-22(23(29)30)28-25(32)34-16-21-19-10-6-4-8-17(19)18-9-5-7-11-20(18)21/h4-11,21-22H,12-16H2,1-3H3,(H,27,31)(H,28,32)(H,29,30)/t22-/m0/s1. The Balaban J connectivity index is 1.42. The molecule has 2 aromatic rings. The lowest BCUT2D eigenvalue weighted by Gasteiger charge is -2.19. The Morgan fingerprint density at radius 1 is 0.943 bits per heavy atom. The van der Waals surface area contributed by atoms with Crippen molar-refractivity contribution in [2.24, 2.45) is 0 Å². The third kappa shape index (κ3) is 7.45. The number of nitrogens with one attached hydrogen (secondary N) is 2. The summed E-state index contributed by atoms with van der Waals surface area (Å²) in [6.45, 7) is 5.86. The lowest BCUT2D eigenvalue weighted by molar-refractivity contribution is -0.139. The normalized spacial score (nSPS) is 13.3. The molecule has 3 N–H and O–H groups in total. The summed E-state index contributed by atoms with van der Waals surface area (Å²) in [5.41, 5.74) is 3.77. The maximum atomic E-state index is 12.4. The maximum absolute atomic E-state index is 12.4. The van der Waals surface area contributed by atoms with Gasteiger partial charge in [-0.3, -0.25) is 0 Å². The Labute approximate surface area is 204 Å². The second-order valence-corrected chi connectivity index (χ2v) is 9.19. The minimum absolute atomic E-state index is 0.0476. The average Bonchev–Trinajstić information content (AvgIpc) is 3.11. The fraction of sp³-hybridized carbons (Fsp3) is 0.423. The molecule has 2 amide bonds. The number of carbonyl (C=O) groups is 3. The molecule has 35 heavy (non-hydrogen) atoms. The van der Waals surface area contributed by atoms with Crippen LogP contribution in [0.25, 0.3) is 11.1 Å². The molecular formula is C26H32N2O7. The van der Waals surface area contributed by atoms with E-state index in [2.05, 4.69) is 10.6 Å². The number of fused-ring (bicyclic) bond motifs is 3. The topological polar surface area (TPSA) is 123 Å². The van der Waals surface area contributed by atoms with Crippen LogP contribution in [0.1, 0.15) is 44.2 Å². The lowest BCUT2D eigenvalue weighted by atomic mass is 9.98. The Kier molecular flexibility index (Phi) is 8.70. The zero-order valence-corrected chi connectivity index (χ0v) is 20.2. The molecule has 0 bridgehead atoms. The molecule has 9 nitrogen and oxygen atoms in total. The number of aliphatic carboxylic acids is 1. The van der Waals surface area contributed by atoms with Crippen molar-refractivity contribution in [1.29, 1.82) is 0 Å². The van der Waals surface area contributed by atoms with E-state index in [1.165, 1.54) is 0 Å². The summed E-state index contributed by atoms with van der Waals surface area (Å²) < 4.78 is 15.9. The molecule has 0 radical (unpaired) electrons. The molecule has 2 aromatic carbocycles. The number of amides is 2. The first-order valence-electron chi connectivity index (χ1n) is 11.5. The number of carboxylic acid groups (broad SMARTS) is 1. The summed E-state index contributed by atoms with van der Waals surface area (Å²) in [4.78, 5) is 35.5. The number of benzene rings is 2. The van der Waals surface area contributed by atoms with Crippen molar-refractivity contribution in [3.8, 4) is 11.1 Å². The van der Waals surface area contributed by atoms with Gasteiger partial charge < -0.3 is 30.0 Å². The highest BCUT2D eigenvalue weighted by atomic mass is 16.6. The molecular weight excluding hydrogens is 452 g/mol. The third-order valence-corrected chi connectivity index (χ3v) is 5.40. The largest absolute Gasteiger partial charge is 0.480 e. The van der Waals surface area contributed by atoms with E-state index in [4.69, 9.17) is 14.2 Å². The van der Waals surface area contributed by atoms with Gasteiger partial charge in [0.2, 0.25) is 0 Å². The van der Waals surface area contributed by atoms with Crippen molar-refractivity contribution in [2.45, 2.75) is 44.8 Å². The van der Waals surface area contributed by atoms with E-state index in [0.717, 1.165) is 22.3 Å². The van der Waals surface area contributed by atoms with Crippen LogP contribution in [0.4, 0.5) is 9.59 Å². The van der Waals surface area contributed by atoms with Gasteiger partial charge in [0.25, 0.3) is 0 Å². The highest BCUT2D eigenvalue weighted by Crippen LogP contribution is 2.44. The van der Waals surface area contributed by atoms with Gasteiger partial charge in [-0.05, 0) is 43.0 Å². The number of carbonyl (C=O) groups excluding carboxylic acids is 2. The van der Waals surface area contributed by atoms with Crippen molar-refractivity contribution in [2.75, 3.05) is 26.4 Å². The van der Waals surface area contributed by atoms with Gasteiger partial charge in [-0.25, -0.2) is 14.4 Å². The number of ether oxygens (including phenoxy) is 3. The lowest BCUT2D eigenvalue weighted by Crippen LogP contribution is -2.42. The van der Waals surface area contributed by atoms with Gasteiger partial charge in [-0.1, -0.05) is 48.5 Å². The molecule has 3 rings (SSSR count). The number of rotatable bonds is 10. The molecule has 0 spiro atoms. The molecule has 0 saturated carbocycles. The molecule has 1 atom stereocenters. The third-order valence-electron chi connectivity index (χ3n) is 5.40. The molecule has 0 aliphatic heterocycles. The number of alkyl carbamates (subject to hydrolysis) is 2. The summed E-state index contributed by atoms with van der Waals surface area (Å²) >= 11 is 0. The van der Waals surface area contributed by atoms with Crippen LogP contribution in [-0.2, 0) is 19.0 Å². The first-order chi connectivity index (χ1) is 16.7. The Morgan fingerprint density at radius 2 is 1.54 bits per heavy atom. The zero-order chi connectivity index (χ0) is 25.4. The van der Waals surface area contributed by atoms with Gasteiger partial charge in [-0.15, -0.1) is 0 Å². The molecule has 0 aromatic heterocycles. The molecule has 9 heteroatoms. The molecule has 0 heterocycles. The Hall–Kier alpha value is -3.59. The van der Waals surface area contributed by atoms with E-state index in [1.54, 1.807) is 20.8 Å². The van der Waals surface area contributed by atoms with Gasteiger partial charge in [0.05, 0.1) is 6.61 Å². The number of hydrogen-bond acceptors (Lipinski definition) is 6. The predicted octanol–water partition coefficient (Wildman–Crippen LogP) is 3.91. The second-order valence-electron chi connectivity index (χ2n) is 9.19. The van der Waals surface area contributed by atoms with Crippen molar-refractivity contribution in [3.05, 3.63) is 59.7 Å². The van der Waals surface area contributed by atoms with E-state index >= 15 is 0 Å². The minimum Gasteiger partial charge on any atom is -0.480 e. The van der Waals surface area contributed by atoms with E-state index in [-0.39, 0.29) is 38.7 Å². The van der Waals surface area contributed by atoms with Crippen molar-refractivity contribution in [3.63, 3.8) is 0 Å². The fourth-order valence-electron chi connectivity index (χ4n) is 3.88. The maximum Gasteiger partial charge on any atom is 0.407 e. The Bertz CT molecular complexity index is 1000. The van der Waals surface area contributed by atoms with Crippen LogP contribution in [0.15, 0.2) is 48.5 Å². The van der Waals surface area contributed by atoms with E-state index < -0.39 is 29.8 Å². The highest BCUT2D eigenvalue weighted by molar-refractivity contribution is 5.81. The Morgan fingerprint density at radius 3 is 2.11 bits per heavy atom. The van der Waals surface area contributed by atoms with Crippen molar-refractivity contribution in [1.82, 2.24) is 10.6 Å². The predicted molar refractivity (Wildman–Crippen MR) is 129 cm³/mol. The second kappa shape index (κ2) is 11.7. The minimum atomic E-state index is -1.19. The van der Waals surface area contributed by atoms with Gasteiger partial charge in [-0.2, -0.15) is 0 Å². The summed E-state index contributed by atoms with van der Waals surface area (Å²) in [5, 5.41) is 14.4. The van der Waals surface area contributed by atoms with Gasteiger partial charge in [0, 0.05) is 25.5 Å². The van der Waals surface area contributed by atoms with Crippen LogP contribution in [0.2, 0.25) is 0 Å². The SMILES string of the molecule is CC(C)(C)OC(=O)NCCOCC[C@H](NC(=O)OCC1c2ccccc2-c2ccccc21)C(=O)O. The number of hydrogen-bond donors (Lipinski definition) is 3. The molecule has 0 fully saturated rings. The summed E-state index contributed by atoms with van der Waals surface area (Å²) in [5.74, 6) is -1.30. The van der Waals surface area contributed by atoms with E-state index in [1.807, 2.05) is 48.5 Å². The van der Waals surface area contributed by atoms with Gasteiger partial charge >= 0.3 is 18.2 Å². The van der Waals surface area contributed by atoms with Crippen molar-refractivity contribution < 1.29 is 33.7 Å². The fourth-order valence-corrected chi connectivity index (χ4v) is 3.88. The van der Waals surface area contributed by atoms with Crippen LogP contribution in [0, 0.1) is 0 Å². The van der Waals surface area contributed by atoms with Crippen LogP contribution in [-0.4, -0.2) is 61.3 Å². The van der Waals surface area contributed by atoms with E-state index in [9.17, 15) is 19.5 Å². The van der Waals surface area contributed by atoms with Crippen LogP contribution in [0.5, 0.6) is 0 Å². The summed E-state index contributed by atoms with van der Waals surface area (Å²) in [6.07, 6.45) is -1.31. The molecule has 188 valence electrons. The van der Waals surface area contributed by atoms with Gasteiger partial charge in [0.15, 0.2) is 0 Å². The zero-order valence-electron chi connectivity index (χ0n) is 20.2. The molecule has 1 aliphatic rings. The molecule has 1 aliphatic carbocycles. The quantitative estimate of drug-likeness (QED) is 0.437. The van der Waals surface area contributed by atoms with Crippen LogP contribution in [0.3, 0.4) is 0 Å². The van der Waals surface area contributed by atoms with E-state index in [0.29, 0.717) is 0 Å². The first-order valence-corrected chi connectivity index (χ1v) is 11.5. The van der Waals surface area contributed by atoms with Crippen LogP contribution >= 0.6 is 0 Å². The first kappa shape index (κ1) is 26.0. The smallest absolute Gasteiger partial charge is 0.407 e. The summed E-state index contributed by atoms with van der Waals surface area (Å²) in [7, 11) is 0. The monoisotopic (exact) mass is 484 g/mol. The average molecular weight is 485 g/mol. The number of carboxylic acids is 1. The highest BCUT2D eigenvalue weighted by Gasteiger charge is 2.29. The summed E-state index contributed by atoms with van der Waals surface area (Å²) in [6, 6.07) is 14.8.